The summed E-state index contributed by atoms with van der Waals surface area (Å²) in [7, 11) is -3.30. The van der Waals surface area contributed by atoms with Gasteiger partial charge in [0.15, 0.2) is 0 Å². The molecule has 1 aromatic rings. The number of hydrogen-bond acceptors (Lipinski definition) is 2. The van der Waals surface area contributed by atoms with Crippen molar-refractivity contribution in [2.75, 3.05) is 16.4 Å². The zero-order valence-electron chi connectivity index (χ0n) is 8.92. The van der Waals surface area contributed by atoms with E-state index >= 15 is 0 Å². The average Bonchev–Trinajstić information content (AvgIpc) is 2.22. The molecule has 7 heteroatoms. The van der Waals surface area contributed by atoms with Crippen LogP contribution in [0.25, 0.3) is 0 Å². The van der Waals surface area contributed by atoms with Crippen LogP contribution < -0.4 is 4.72 Å². The fourth-order valence-corrected chi connectivity index (χ4v) is 3.75. The second kappa shape index (κ2) is 7.01. The molecule has 0 radical (unpaired) electrons. The number of sulfonamides is 1. The van der Waals surface area contributed by atoms with E-state index in [1.165, 1.54) is 0 Å². The maximum Gasteiger partial charge on any atom is 0.232 e. The SMILES string of the molecule is O=S(=O)(CCCCCl)Nc1ccc(Cl)cc1I. The van der Waals surface area contributed by atoms with Crippen molar-refractivity contribution in [3.63, 3.8) is 0 Å². The summed E-state index contributed by atoms with van der Waals surface area (Å²) >= 11 is 13.3. The molecule has 0 aliphatic rings. The molecular weight excluding hydrogens is 396 g/mol. The third kappa shape index (κ3) is 5.63. The van der Waals surface area contributed by atoms with Gasteiger partial charge in [-0.3, -0.25) is 4.72 Å². The van der Waals surface area contributed by atoms with Crippen LogP contribution in [0, 0.1) is 3.57 Å². The molecule has 0 unspecified atom stereocenters. The number of nitrogens with one attached hydrogen (secondary N) is 1. The molecule has 0 bridgehead atoms. The van der Waals surface area contributed by atoms with Crippen molar-refractivity contribution in [1.29, 1.82) is 0 Å². The maximum absolute atomic E-state index is 11.7. The van der Waals surface area contributed by atoms with Gasteiger partial charge in [-0.25, -0.2) is 8.42 Å². The second-order valence-corrected chi connectivity index (χ2v) is 7.26. The van der Waals surface area contributed by atoms with Crippen LogP contribution >= 0.6 is 45.8 Å². The lowest BCUT2D eigenvalue weighted by atomic mass is 10.3. The Morgan fingerprint density at radius 3 is 2.59 bits per heavy atom. The van der Waals surface area contributed by atoms with Gasteiger partial charge in [-0.15, -0.1) is 11.6 Å². The van der Waals surface area contributed by atoms with E-state index in [1.807, 2.05) is 22.6 Å². The monoisotopic (exact) mass is 407 g/mol. The Kier molecular flexibility index (Phi) is 6.33. The number of rotatable bonds is 6. The van der Waals surface area contributed by atoms with Crippen LogP contribution in [-0.4, -0.2) is 20.1 Å². The molecule has 0 saturated carbocycles. The van der Waals surface area contributed by atoms with Crippen molar-refractivity contribution in [3.05, 3.63) is 26.8 Å². The quantitative estimate of drug-likeness (QED) is 0.444. The Morgan fingerprint density at radius 1 is 1.29 bits per heavy atom. The first kappa shape index (κ1) is 15.3. The molecule has 0 heterocycles. The van der Waals surface area contributed by atoms with E-state index in [2.05, 4.69) is 4.72 Å². The molecule has 0 fully saturated rings. The topological polar surface area (TPSA) is 46.2 Å². The van der Waals surface area contributed by atoms with Gasteiger partial charge in [0, 0.05) is 14.5 Å². The molecule has 0 aromatic heterocycles. The molecule has 3 nitrogen and oxygen atoms in total. The molecule has 0 aliphatic heterocycles. The number of unbranched alkanes of at least 4 members (excludes halogenated alkanes) is 1. The minimum atomic E-state index is -3.30. The highest BCUT2D eigenvalue weighted by Gasteiger charge is 2.11. The third-order valence-corrected chi connectivity index (χ3v) is 4.75. The third-order valence-electron chi connectivity index (χ3n) is 1.99. The lowest BCUT2D eigenvalue weighted by molar-refractivity contribution is 0.598. The molecule has 1 N–H and O–H groups in total. The summed E-state index contributed by atoms with van der Waals surface area (Å²) in [6, 6.07) is 5.02. The van der Waals surface area contributed by atoms with Gasteiger partial charge in [0.25, 0.3) is 0 Å². The highest BCUT2D eigenvalue weighted by molar-refractivity contribution is 14.1. The second-order valence-electron chi connectivity index (χ2n) is 3.44. The van der Waals surface area contributed by atoms with Crippen molar-refractivity contribution < 1.29 is 8.42 Å². The highest BCUT2D eigenvalue weighted by Crippen LogP contribution is 2.23. The first-order valence-electron chi connectivity index (χ1n) is 4.96. The molecule has 1 rings (SSSR count). The standard InChI is InChI=1S/C10H12Cl2INO2S/c11-5-1-2-6-17(15,16)14-10-4-3-8(12)7-9(10)13/h3-4,7,14H,1-2,5-6H2. The van der Waals surface area contributed by atoms with E-state index in [1.54, 1.807) is 18.2 Å². The van der Waals surface area contributed by atoms with Crippen molar-refractivity contribution in [3.8, 4) is 0 Å². The van der Waals surface area contributed by atoms with Crippen LogP contribution in [0.1, 0.15) is 12.8 Å². The number of anilines is 1. The van der Waals surface area contributed by atoms with Gasteiger partial charge < -0.3 is 0 Å². The lowest BCUT2D eigenvalue weighted by Crippen LogP contribution is -2.17. The Morgan fingerprint density at radius 2 is 2.00 bits per heavy atom. The molecule has 0 amide bonds. The van der Waals surface area contributed by atoms with E-state index in [9.17, 15) is 8.42 Å². The summed E-state index contributed by atoms with van der Waals surface area (Å²) in [5.41, 5.74) is 0.556. The summed E-state index contributed by atoms with van der Waals surface area (Å²) in [4.78, 5) is 0. The van der Waals surface area contributed by atoms with Gasteiger partial charge in [0.1, 0.15) is 0 Å². The molecule has 0 atom stereocenters. The normalized spacial score (nSPS) is 11.5. The Bertz CT molecular complexity index is 479. The lowest BCUT2D eigenvalue weighted by Gasteiger charge is -2.09. The Labute approximate surface area is 125 Å². The first-order valence-corrected chi connectivity index (χ1v) is 8.60. The predicted molar refractivity (Wildman–Crippen MR) is 81.5 cm³/mol. The van der Waals surface area contributed by atoms with E-state index in [-0.39, 0.29) is 5.75 Å². The van der Waals surface area contributed by atoms with Crippen molar-refractivity contribution in [2.24, 2.45) is 0 Å². The highest BCUT2D eigenvalue weighted by atomic mass is 127. The van der Waals surface area contributed by atoms with Gasteiger partial charge in [0.05, 0.1) is 11.4 Å². The van der Waals surface area contributed by atoms with Gasteiger partial charge in [-0.05, 0) is 53.6 Å². The zero-order chi connectivity index (χ0) is 12.9. The van der Waals surface area contributed by atoms with Gasteiger partial charge >= 0.3 is 0 Å². The number of alkyl halides is 1. The van der Waals surface area contributed by atoms with Crippen LogP contribution in [0.2, 0.25) is 5.02 Å². The van der Waals surface area contributed by atoms with Gasteiger partial charge in [-0.2, -0.15) is 0 Å². The maximum atomic E-state index is 11.7. The fourth-order valence-electron chi connectivity index (χ4n) is 1.18. The van der Waals surface area contributed by atoms with Crippen molar-refractivity contribution in [2.45, 2.75) is 12.8 Å². The molecule has 17 heavy (non-hydrogen) atoms. The minimum absolute atomic E-state index is 0.0818. The smallest absolute Gasteiger partial charge is 0.232 e. The summed E-state index contributed by atoms with van der Waals surface area (Å²) < 4.78 is 26.8. The van der Waals surface area contributed by atoms with Crippen molar-refractivity contribution >= 4 is 61.5 Å². The summed E-state index contributed by atoms with van der Waals surface area (Å²) in [5, 5.41) is 0.583. The Balaban J connectivity index is 2.69. The minimum Gasteiger partial charge on any atom is -0.282 e. The van der Waals surface area contributed by atoms with Crippen LogP contribution in [-0.2, 0) is 10.0 Å². The first-order chi connectivity index (χ1) is 7.94. The molecule has 1 aromatic carbocycles. The molecule has 96 valence electrons. The average molecular weight is 408 g/mol. The fraction of sp³-hybridized carbons (Fsp3) is 0.400. The van der Waals surface area contributed by atoms with Crippen LogP contribution in [0.3, 0.4) is 0 Å². The summed E-state index contributed by atoms with van der Waals surface area (Å²) in [6.07, 6.45) is 1.25. The van der Waals surface area contributed by atoms with E-state index in [0.29, 0.717) is 29.4 Å². The molecule has 0 spiro atoms. The molecule has 0 aliphatic carbocycles. The summed E-state index contributed by atoms with van der Waals surface area (Å²) in [6.45, 7) is 0. The zero-order valence-corrected chi connectivity index (χ0v) is 13.4. The van der Waals surface area contributed by atoms with E-state index < -0.39 is 10.0 Å². The number of hydrogen-bond donors (Lipinski definition) is 1. The Hall–Kier alpha value is 0.280. The van der Waals surface area contributed by atoms with Crippen molar-refractivity contribution in [1.82, 2.24) is 0 Å². The predicted octanol–water partition coefficient (Wildman–Crippen LogP) is 3.71. The van der Waals surface area contributed by atoms with E-state index in [0.717, 1.165) is 3.57 Å². The van der Waals surface area contributed by atoms with Gasteiger partial charge in [-0.1, -0.05) is 11.6 Å². The van der Waals surface area contributed by atoms with Gasteiger partial charge in [0.2, 0.25) is 10.0 Å². The largest absolute Gasteiger partial charge is 0.282 e. The van der Waals surface area contributed by atoms with Crippen LogP contribution in [0.15, 0.2) is 18.2 Å². The van der Waals surface area contributed by atoms with Crippen LogP contribution in [0.5, 0.6) is 0 Å². The number of halogens is 3. The summed E-state index contributed by atoms with van der Waals surface area (Å²) in [5.74, 6) is 0.562. The van der Waals surface area contributed by atoms with E-state index in [4.69, 9.17) is 23.2 Å². The molecule has 0 saturated heterocycles. The molecular formula is C10H12Cl2INO2S. The van der Waals surface area contributed by atoms with Crippen LogP contribution in [0.4, 0.5) is 5.69 Å². The number of benzene rings is 1.